The molecule has 1 aromatic rings. The van der Waals surface area contributed by atoms with Crippen molar-refractivity contribution in [2.75, 3.05) is 19.5 Å². The van der Waals surface area contributed by atoms with Crippen LogP contribution in [0.2, 0.25) is 0 Å². The minimum absolute atomic E-state index is 0.00481. The molecule has 15 heavy (non-hydrogen) atoms. The lowest BCUT2D eigenvalue weighted by Crippen LogP contribution is -2.23. The van der Waals surface area contributed by atoms with Gasteiger partial charge in [0, 0.05) is 19.8 Å². The highest BCUT2D eigenvalue weighted by Gasteiger charge is 2.13. The lowest BCUT2D eigenvalue weighted by atomic mass is 10.2. The molecular weight excluding hydrogens is 214 g/mol. The van der Waals surface area contributed by atoms with Crippen molar-refractivity contribution in [2.45, 2.75) is 5.75 Å². The van der Waals surface area contributed by atoms with E-state index >= 15 is 0 Å². The van der Waals surface area contributed by atoms with Gasteiger partial charge in [0.15, 0.2) is 0 Å². The Kier molecular flexibility index (Phi) is 3.67. The van der Waals surface area contributed by atoms with Gasteiger partial charge in [-0.3, -0.25) is 5.84 Å². The van der Waals surface area contributed by atoms with E-state index in [9.17, 15) is 8.42 Å². The van der Waals surface area contributed by atoms with Gasteiger partial charge in [0.25, 0.3) is 0 Å². The van der Waals surface area contributed by atoms with E-state index < -0.39 is 10.0 Å². The Balaban J connectivity index is 2.82. The number of nitrogens with two attached hydrogens (primary N) is 1. The summed E-state index contributed by atoms with van der Waals surface area (Å²) in [4.78, 5) is 0. The lowest BCUT2D eigenvalue weighted by molar-refractivity contribution is 0.520. The molecule has 0 fully saturated rings. The average molecular weight is 229 g/mol. The van der Waals surface area contributed by atoms with Crippen LogP contribution in [0.3, 0.4) is 0 Å². The summed E-state index contributed by atoms with van der Waals surface area (Å²) in [6.07, 6.45) is 0. The van der Waals surface area contributed by atoms with E-state index in [0.29, 0.717) is 0 Å². The number of anilines is 1. The lowest BCUT2D eigenvalue weighted by Gasteiger charge is -2.11. The van der Waals surface area contributed by atoms with E-state index in [2.05, 4.69) is 5.43 Å². The fourth-order valence-electron chi connectivity index (χ4n) is 1.04. The van der Waals surface area contributed by atoms with Crippen LogP contribution in [-0.4, -0.2) is 26.8 Å². The molecule has 0 aliphatic carbocycles. The summed E-state index contributed by atoms with van der Waals surface area (Å²) in [5, 5.41) is 0. The molecule has 0 amide bonds. The van der Waals surface area contributed by atoms with Gasteiger partial charge in [-0.25, -0.2) is 12.7 Å². The molecule has 0 spiro atoms. The van der Waals surface area contributed by atoms with Gasteiger partial charge in [0.05, 0.1) is 5.75 Å². The second kappa shape index (κ2) is 4.61. The highest BCUT2D eigenvalue weighted by molar-refractivity contribution is 7.88. The molecule has 0 heterocycles. The van der Waals surface area contributed by atoms with Crippen molar-refractivity contribution in [2.24, 2.45) is 5.84 Å². The first kappa shape index (κ1) is 12.0. The third kappa shape index (κ3) is 3.19. The molecule has 0 saturated heterocycles. The SMILES string of the molecule is CN(C)S(=O)(=O)Cc1ccc(NN)cc1. The number of sulfonamides is 1. The topological polar surface area (TPSA) is 75.4 Å². The number of benzene rings is 1. The number of nitrogen functional groups attached to an aromatic ring is 1. The molecule has 0 unspecified atom stereocenters. The summed E-state index contributed by atoms with van der Waals surface area (Å²) in [7, 11) is -0.151. The Morgan fingerprint density at radius 2 is 1.80 bits per heavy atom. The van der Waals surface area contributed by atoms with Gasteiger partial charge in [-0.05, 0) is 17.7 Å². The Hall–Kier alpha value is -1.11. The predicted octanol–water partition coefficient (Wildman–Crippen LogP) is 0.364. The highest BCUT2D eigenvalue weighted by atomic mass is 32.2. The zero-order valence-corrected chi connectivity index (χ0v) is 9.58. The predicted molar refractivity (Wildman–Crippen MR) is 60.6 cm³/mol. The van der Waals surface area contributed by atoms with Gasteiger partial charge in [-0.2, -0.15) is 0 Å². The fourth-order valence-corrected chi connectivity index (χ4v) is 1.91. The number of nitrogens with zero attached hydrogens (tertiary/aromatic N) is 1. The summed E-state index contributed by atoms with van der Waals surface area (Å²) in [6, 6.07) is 6.94. The molecule has 5 nitrogen and oxygen atoms in total. The van der Waals surface area contributed by atoms with Crippen molar-refractivity contribution in [3.05, 3.63) is 29.8 Å². The van der Waals surface area contributed by atoms with Crippen molar-refractivity contribution >= 4 is 15.7 Å². The molecule has 0 aliphatic heterocycles. The first-order chi connectivity index (χ1) is 6.95. The maximum atomic E-state index is 11.5. The van der Waals surface area contributed by atoms with Crippen LogP contribution in [0.5, 0.6) is 0 Å². The highest BCUT2D eigenvalue weighted by Crippen LogP contribution is 2.12. The molecule has 0 radical (unpaired) electrons. The first-order valence-electron chi connectivity index (χ1n) is 4.41. The summed E-state index contributed by atoms with van der Waals surface area (Å²) < 4.78 is 24.3. The second-order valence-electron chi connectivity index (χ2n) is 3.38. The molecule has 1 rings (SSSR count). The van der Waals surface area contributed by atoms with Gasteiger partial charge in [0.1, 0.15) is 0 Å². The third-order valence-electron chi connectivity index (χ3n) is 2.03. The van der Waals surface area contributed by atoms with Crippen LogP contribution in [0.1, 0.15) is 5.56 Å². The summed E-state index contributed by atoms with van der Waals surface area (Å²) >= 11 is 0. The van der Waals surface area contributed by atoms with E-state index in [0.717, 1.165) is 11.3 Å². The molecule has 0 aromatic heterocycles. The zero-order valence-electron chi connectivity index (χ0n) is 8.77. The Morgan fingerprint density at radius 1 is 1.27 bits per heavy atom. The van der Waals surface area contributed by atoms with Crippen molar-refractivity contribution in [3.8, 4) is 0 Å². The largest absolute Gasteiger partial charge is 0.324 e. The van der Waals surface area contributed by atoms with Gasteiger partial charge >= 0.3 is 0 Å². The minimum Gasteiger partial charge on any atom is -0.324 e. The Bertz CT molecular complexity index is 411. The Morgan fingerprint density at radius 3 is 2.20 bits per heavy atom. The number of nitrogens with one attached hydrogen (secondary N) is 1. The van der Waals surface area contributed by atoms with Crippen molar-refractivity contribution in [3.63, 3.8) is 0 Å². The molecule has 0 aliphatic rings. The standard InChI is InChI=1S/C9H15N3O2S/c1-12(2)15(13,14)7-8-3-5-9(11-10)6-4-8/h3-6,11H,7,10H2,1-2H3. The summed E-state index contributed by atoms with van der Waals surface area (Å²) in [5.41, 5.74) is 3.97. The first-order valence-corrected chi connectivity index (χ1v) is 6.02. The molecule has 0 bridgehead atoms. The second-order valence-corrected chi connectivity index (χ2v) is 5.56. The molecule has 0 atom stereocenters. The normalized spacial score (nSPS) is 11.7. The smallest absolute Gasteiger partial charge is 0.217 e. The van der Waals surface area contributed by atoms with Gasteiger partial charge in [0.2, 0.25) is 10.0 Å². The number of hydrazine groups is 1. The molecule has 1 aromatic carbocycles. The quantitative estimate of drug-likeness (QED) is 0.577. The molecular formula is C9H15N3O2S. The van der Waals surface area contributed by atoms with Crippen LogP contribution in [0.4, 0.5) is 5.69 Å². The van der Waals surface area contributed by atoms with Crippen LogP contribution in [0, 0.1) is 0 Å². The minimum atomic E-state index is -3.19. The van der Waals surface area contributed by atoms with Gasteiger partial charge < -0.3 is 5.43 Å². The van der Waals surface area contributed by atoms with E-state index in [1.165, 1.54) is 18.4 Å². The van der Waals surface area contributed by atoms with E-state index in [-0.39, 0.29) is 5.75 Å². The van der Waals surface area contributed by atoms with Crippen LogP contribution in [0.25, 0.3) is 0 Å². The van der Waals surface area contributed by atoms with Crippen molar-refractivity contribution in [1.82, 2.24) is 4.31 Å². The van der Waals surface area contributed by atoms with Crippen molar-refractivity contribution in [1.29, 1.82) is 0 Å². The van der Waals surface area contributed by atoms with Gasteiger partial charge in [-0.15, -0.1) is 0 Å². The van der Waals surface area contributed by atoms with Crippen LogP contribution >= 0.6 is 0 Å². The van der Waals surface area contributed by atoms with E-state index in [4.69, 9.17) is 5.84 Å². The molecule has 6 heteroatoms. The van der Waals surface area contributed by atoms with Crippen LogP contribution < -0.4 is 11.3 Å². The maximum absolute atomic E-state index is 11.5. The van der Waals surface area contributed by atoms with Crippen molar-refractivity contribution < 1.29 is 8.42 Å². The average Bonchev–Trinajstić information content (AvgIpc) is 2.18. The molecule has 0 saturated carbocycles. The maximum Gasteiger partial charge on any atom is 0.217 e. The Labute approximate surface area is 89.9 Å². The fraction of sp³-hybridized carbons (Fsp3) is 0.333. The summed E-state index contributed by atoms with van der Waals surface area (Å²) in [5.74, 6) is 5.20. The monoisotopic (exact) mass is 229 g/mol. The third-order valence-corrected chi connectivity index (χ3v) is 3.84. The number of hydrogen-bond acceptors (Lipinski definition) is 4. The zero-order chi connectivity index (χ0) is 11.5. The van der Waals surface area contributed by atoms with Gasteiger partial charge in [-0.1, -0.05) is 12.1 Å². The molecule has 3 N–H and O–H groups in total. The van der Waals surface area contributed by atoms with Crippen LogP contribution in [0.15, 0.2) is 24.3 Å². The molecule has 84 valence electrons. The summed E-state index contributed by atoms with van der Waals surface area (Å²) in [6.45, 7) is 0. The number of rotatable bonds is 4. The number of hydrogen-bond donors (Lipinski definition) is 2. The van der Waals surface area contributed by atoms with E-state index in [1.807, 2.05) is 0 Å². The van der Waals surface area contributed by atoms with Crippen LogP contribution in [-0.2, 0) is 15.8 Å². The van der Waals surface area contributed by atoms with E-state index in [1.54, 1.807) is 24.3 Å².